The van der Waals surface area contributed by atoms with E-state index in [-0.39, 0.29) is 0 Å². The molecule has 0 unspecified atom stereocenters. The molecule has 0 saturated carbocycles. The number of likely N-dealkylation sites (N-methyl/N-ethyl adjacent to an activating group) is 1. The van der Waals surface area contributed by atoms with Crippen LogP contribution in [0, 0.1) is 0 Å². The summed E-state index contributed by atoms with van der Waals surface area (Å²) >= 11 is 6.18. The maximum Gasteiger partial charge on any atom is 0.0408 e. The summed E-state index contributed by atoms with van der Waals surface area (Å²) in [5.41, 5.74) is 4.27. The molecule has 1 aliphatic carbocycles. The van der Waals surface area contributed by atoms with E-state index >= 15 is 0 Å². The fourth-order valence-electron chi connectivity index (χ4n) is 3.23. The van der Waals surface area contributed by atoms with Crippen LogP contribution in [0.15, 0.2) is 48.5 Å². The lowest BCUT2D eigenvalue weighted by molar-refractivity contribution is 0.258. The maximum atomic E-state index is 6.18. The Balaban J connectivity index is 2.05. The third-order valence-electron chi connectivity index (χ3n) is 4.38. The van der Waals surface area contributed by atoms with Gasteiger partial charge in [0.15, 0.2) is 0 Å². The van der Waals surface area contributed by atoms with E-state index in [1.807, 2.05) is 6.07 Å². The molecular weight excluding hydrogens is 266 g/mol. The van der Waals surface area contributed by atoms with Gasteiger partial charge in [-0.2, -0.15) is 0 Å². The summed E-state index contributed by atoms with van der Waals surface area (Å²) in [7, 11) is 4.35. The topological polar surface area (TPSA) is 3.24 Å². The third kappa shape index (κ3) is 2.61. The molecule has 0 spiro atoms. The van der Waals surface area contributed by atoms with Crippen LogP contribution in [0.25, 0.3) is 0 Å². The van der Waals surface area contributed by atoms with Crippen LogP contribution in [0.4, 0.5) is 0 Å². The summed E-state index contributed by atoms with van der Waals surface area (Å²) in [5.74, 6) is 0.450. The molecule has 2 heteroatoms. The highest BCUT2D eigenvalue weighted by molar-refractivity contribution is 6.30. The molecule has 2 atom stereocenters. The van der Waals surface area contributed by atoms with Gasteiger partial charge in [0.2, 0.25) is 0 Å². The molecule has 0 aliphatic heterocycles. The summed E-state index contributed by atoms with van der Waals surface area (Å²) in [6, 6.07) is 17.7. The third-order valence-corrected chi connectivity index (χ3v) is 4.61. The summed E-state index contributed by atoms with van der Waals surface area (Å²) in [6.45, 7) is 0. The van der Waals surface area contributed by atoms with E-state index < -0.39 is 0 Å². The van der Waals surface area contributed by atoms with E-state index in [0.717, 1.165) is 17.9 Å². The predicted octanol–water partition coefficient (Wildman–Crippen LogP) is 4.35. The van der Waals surface area contributed by atoms with Crippen molar-refractivity contribution in [1.29, 1.82) is 0 Å². The zero-order valence-electron chi connectivity index (χ0n) is 12.0. The van der Waals surface area contributed by atoms with Crippen molar-refractivity contribution in [3.05, 3.63) is 70.2 Å². The second-order valence-corrected chi connectivity index (χ2v) is 6.30. The van der Waals surface area contributed by atoms with Gasteiger partial charge in [-0.3, -0.25) is 0 Å². The Kier molecular flexibility index (Phi) is 3.82. The summed E-state index contributed by atoms with van der Waals surface area (Å²) in [6.07, 6.45) is 2.30. The molecular formula is C18H20ClN. The van der Waals surface area contributed by atoms with Gasteiger partial charge in [0.05, 0.1) is 0 Å². The molecule has 20 heavy (non-hydrogen) atoms. The number of fused-ring (bicyclic) bond motifs is 1. The normalized spacial score (nSPS) is 21.8. The van der Waals surface area contributed by atoms with Crippen LogP contribution in [0.5, 0.6) is 0 Å². The van der Waals surface area contributed by atoms with E-state index in [2.05, 4.69) is 61.5 Å². The molecule has 2 aromatic rings. The van der Waals surface area contributed by atoms with Gasteiger partial charge in [0, 0.05) is 17.0 Å². The van der Waals surface area contributed by atoms with Crippen LogP contribution in [-0.4, -0.2) is 25.0 Å². The zero-order chi connectivity index (χ0) is 14.1. The summed E-state index contributed by atoms with van der Waals surface area (Å²) < 4.78 is 0. The largest absolute Gasteiger partial charge is 0.306 e. The molecule has 0 radical (unpaired) electrons. The molecule has 1 nitrogen and oxygen atoms in total. The average Bonchev–Trinajstić information content (AvgIpc) is 2.46. The summed E-state index contributed by atoms with van der Waals surface area (Å²) in [4.78, 5) is 2.34. The fraction of sp³-hybridized carbons (Fsp3) is 0.333. The lowest BCUT2D eigenvalue weighted by Crippen LogP contribution is -2.35. The first-order valence-corrected chi connectivity index (χ1v) is 7.52. The highest BCUT2D eigenvalue weighted by Crippen LogP contribution is 2.38. The first-order valence-electron chi connectivity index (χ1n) is 7.15. The number of halogens is 1. The van der Waals surface area contributed by atoms with Crippen molar-refractivity contribution in [2.45, 2.75) is 24.8 Å². The van der Waals surface area contributed by atoms with Crippen molar-refractivity contribution in [2.24, 2.45) is 0 Å². The second kappa shape index (κ2) is 5.59. The van der Waals surface area contributed by atoms with E-state index in [1.165, 1.54) is 16.7 Å². The molecule has 0 aromatic heterocycles. The molecule has 0 heterocycles. The fourth-order valence-corrected chi connectivity index (χ4v) is 3.43. The van der Waals surface area contributed by atoms with Gasteiger partial charge in [-0.1, -0.05) is 48.0 Å². The lowest BCUT2D eigenvalue weighted by atomic mass is 9.76. The van der Waals surface area contributed by atoms with Crippen molar-refractivity contribution in [3.63, 3.8) is 0 Å². The quantitative estimate of drug-likeness (QED) is 0.793. The van der Waals surface area contributed by atoms with E-state index in [0.29, 0.717) is 12.0 Å². The van der Waals surface area contributed by atoms with Gasteiger partial charge >= 0.3 is 0 Å². The van der Waals surface area contributed by atoms with Crippen molar-refractivity contribution in [2.75, 3.05) is 14.1 Å². The average molecular weight is 286 g/mol. The Hall–Kier alpha value is -1.31. The van der Waals surface area contributed by atoms with Crippen molar-refractivity contribution < 1.29 is 0 Å². The van der Waals surface area contributed by atoms with Crippen LogP contribution in [0.1, 0.15) is 29.0 Å². The Morgan fingerprint density at radius 2 is 1.85 bits per heavy atom. The van der Waals surface area contributed by atoms with Gasteiger partial charge in [-0.15, -0.1) is 0 Å². The van der Waals surface area contributed by atoms with Crippen LogP contribution in [0.2, 0.25) is 5.02 Å². The zero-order valence-corrected chi connectivity index (χ0v) is 12.8. The number of hydrogen-bond donors (Lipinski definition) is 0. The van der Waals surface area contributed by atoms with Gasteiger partial charge in [0.1, 0.15) is 0 Å². The number of benzene rings is 2. The molecule has 0 saturated heterocycles. The maximum absolute atomic E-state index is 6.18. The minimum Gasteiger partial charge on any atom is -0.306 e. The highest BCUT2D eigenvalue weighted by atomic mass is 35.5. The van der Waals surface area contributed by atoms with Crippen molar-refractivity contribution in [1.82, 2.24) is 4.90 Å². The van der Waals surface area contributed by atoms with Crippen LogP contribution in [0.3, 0.4) is 0 Å². The SMILES string of the molecule is CN(C)[C@H]1Cc2ccccc2[C@@H](c2cccc(Cl)c2)C1. The molecule has 104 valence electrons. The first-order chi connectivity index (χ1) is 9.65. The Labute approximate surface area is 126 Å². The highest BCUT2D eigenvalue weighted by Gasteiger charge is 2.28. The molecule has 0 N–H and O–H groups in total. The van der Waals surface area contributed by atoms with E-state index in [9.17, 15) is 0 Å². The molecule has 0 bridgehead atoms. The van der Waals surface area contributed by atoms with E-state index in [4.69, 9.17) is 11.6 Å². The number of rotatable bonds is 2. The lowest BCUT2D eigenvalue weighted by Gasteiger charge is -2.35. The minimum absolute atomic E-state index is 0.450. The number of hydrogen-bond acceptors (Lipinski definition) is 1. The molecule has 0 fully saturated rings. The van der Waals surface area contributed by atoms with Gasteiger partial charge in [-0.25, -0.2) is 0 Å². The van der Waals surface area contributed by atoms with E-state index in [1.54, 1.807) is 0 Å². The van der Waals surface area contributed by atoms with Gasteiger partial charge < -0.3 is 4.90 Å². The molecule has 2 aromatic carbocycles. The van der Waals surface area contributed by atoms with Crippen molar-refractivity contribution in [3.8, 4) is 0 Å². The molecule has 3 rings (SSSR count). The minimum atomic E-state index is 0.450. The van der Waals surface area contributed by atoms with Gasteiger partial charge in [0.25, 0.3) is 0 Å². The molecule has 0 amide bonds. The smallest absolute Gasteiger partial charge is 0.0408 e. The number of nitrogens with zero attached hydrogens (tertiary/aromatic N) is 1. The van der Waals surface area contributed by atoms with Crippen LogP contribution >= 0.6 is 11.6 Å². The second-order valence-electron chi connectivity index (χ2n) is 5.86. The predicted molar refractivity (Wildman–Crippen MR) is 85.5 cm³/mol. The first kappa shape index (κ1) is 13.7. The van der Waals surface area contributed by atoms with Crippen molar-refractivity contribution >= 4 is 11.6 Å². The van der Waals surface area contributed by atoms with Crippen LogP contribution < -0.4 is 0 Å². The standard InChI is InChI=1S/C18H20ClN/c1-20(2)16-11-14-6-3-4-9-17(14)18(12-16)13-7-5-8-15(19)10-13/h3-10,16,18H,11-12H2,1-2H3/t16-,18+/m0/s1. The summed E-state index contributed by atoms with van der Waals surface area (Å²) in [5, 5.41) is 0.826. The Bertz CT molecular complexity index is 606. The van der Waals surface area contributed by atoms with Crippen LogP contribution in [-0.2, 0) is 6.42 Å². The molecule has 1 aliphatic rings. The Morgan fingerprint density at radius 3 is 2.60 bits per heavy atom. The van der Waals surface area contributed by atoms with Gasteiger partial charge in [-0.05, 0) is 55.8 Å². The monoisotopic (exact) mass is 285 g/mol. The Morgan fingerprint density at radius 1 is 1.05 bits per heavy atom.